The Morgan fingerprint density at radius 3 is 1.62 bits per heavy atom. The number of esters is 1. The second kappa shape index (κ2) is 15.8. The molecular formula is C29H32N2O4S2. The minimum atomic E-state index is -0.847. The summed E-state index contributed by atoms with van der Waals surface area (Å²) in [6.45, 7) is 1.50. The molecule has 2 atom stereocenters. The molecule has 0 radical (unpaired) electrons. The Balaban J connectivity index is 1.61. The van der Waals surface area contributed by atoms with Gasteiger partial charge in [0, 0.05) is 29.9 Å². The summed E-state index contributed by atoms with van der Waals surface area (Å²) in [6.07, 6.45) is 0. The van der Waals surface area contributed by atoms with E-state index >= 15 is 0 Å². The largest absolute Gasteiger partial charge is 0.459 e. The smallest absolute Gasteiger partial charge is 0.329 e. The Morgan fingerprint density at radius 1 is 0.676 bits per heavy atom. The summed E-state index contributed by atoms with van der Waals surface area (Å²) in [4.78, 5) is 38.0. The highest BCUT2D eigenvalue weighted by atomic mass is 32.2. The van der Waals surface area contributed by atoms with Gasteiger partial charge in [-0.15, -0.1) is 0 Å². The van der Waals surface area contributed by atoms with Crippen molar-refractivity contribution in [3.8, 4) is 0 Å². The van der Waals surface area contributed by atoms with Crippen LogP contribution in [-0.4, -0.2) is 41.4 Å². The lowest BCUT2D eigenvalue weighted by molar-refractivity contribution is -0.148. The van der Waals surface area contributed by atoms with Gasteiger partial charge in [-0.05, 0) is 16.7 Å². The fraction of sp³-hybridized carbons (Fsp3) is 0.276. The molecule has 2 N–H and O–H groups in total. The lowest BCUT2D eigenvalue weighted by Gasteiger charge is -2.22. The van der Waals surface area contributed by atoms with E-state index in [0.29, 0.717) is 23.0 Å². The van der Waals surface area contributed by atoms with Crippen LogP contribution in [0.25, 0.3) is 0 Å². The molecule has 0 aliphatic carbocycles. The molecule has 0 fully saturated rings. The van der Waals surface area contributed by atoms with Crippen molar-refractivity contribution in [3.63, 3.8) is 0 Å². The number of rotatable bonds is 14. The molecule has 3 rings (SSSR count). The van der Waals surface area contributed by atoms with Crippen molar-refractivity contribution < 1.29 is 19.1 Å². The second-order valence-electron chi connectivity index (χ2n) is 8.41. The molecule has 0 aliphatic rings. The molecule has 0 saturated heterocycles. The molecule has 3 aromatic carbocycles. The summed E-state index contributed by atoms with van der Waals surface area (Å²) in [5.41, 5.74) is 3.13. The van der Waals surface area contributed by atoms with Crippen LogP contribution in [0.1, 0.15) is 23.6 Å². The van der Waals surface area contributed by atoms with E-state index in [-0.39, 0.29) is 12.5 Å². The van der Waals surface area contributed by atoms with Gasteiger partial charge in [-0.25, -0.2) is 4.79 Å². The Labute approximate surface area is 227 Å². The molecule has 0 saturated carbocycles. The molecule has 0 spiro atoms. The van der Waals surface area contributed by atoms with Crippen LogP contribution in [0.2, 0.25) is 0 Å². The Hall–Kier alpha value is -3.23. The summed E-state index contributed by atoms with van der Waals surface area (Å²) in [5.74, 6) is 0.915. The first-order valence-electron chi connectivity index (χ1n) is 12.0. The number of carbonyl (C=O) groups is 3. The van der Waals surface area contributed by atoms with Gasteiger partial charge in [0.2, 0.25) is 11.8 Å². The molecule has 0 unspecified atom stereocenters. The van der Waals surface area contributed by atoms with Gasteiger partial charge in [-0.1, -0.05) is 91.0 Å². The van der Waals surface area contributed by atoms with Crippen molar-refractivity contribution in [3.05, 3.63) is 108 Å². The van der Waals surface area contributed by atoms with Crippen LogP contribution in [0, 0.1) is 0 Å². The van der Waals surface area contributed by atoms with Gasteiger partial charge in [0.15, 0.2) is 0 Å². The fourth-order valence-electron chi connectivity index (χ4n) is 3.44. The zero-order valence-electron chi connectivity index (χ0n) is 20.8. The maximum absolute atomic E-state index is 13.2. The van der Waals surface area contributed by atoms with Crippen molar-refractivity contribution in [2.75, 3.05) is 11.5 Å². The van der Waals surface area contributed by atoms with Gasteiger partial charge in [0.25, 0.3) is 0 Å². The van der Waals surface area contributed by atoms with E-state index in [1.165, 1.54) is 18.7 Å². The van der Waals surface area contributed by atoms with Gasteiger partial charge in [-0.2, -0.15) is 23.5 Å². The second-order valence-corrected chi connectivity index (χ2v) is 10.5. The number of thioether (sulfide) groups is 2. The van der Waals surface area contributed by atoms with Gasteiger partial charge in [0.05, 0.1) is 0 Å². The quantitative estimate of drug-likeness (QED) is 0.293. The third kappa shape index (κ3) is 10.7. The molecule has 37 heavy (non-hydrogen) atoms. The molecule has 6 nitrogen and oxygen atoms in total. The number of hydrogen-bond acceptors (Lipinski definition) is 6. The zero-order valence-corrected chi connectivity index (χ0v) is 22.4. The van der Waals surface area contributed by atoms with Crippen molar-refractivity contribution >= 4 is 41.3 Å². The summed E-state index contributed by atoms with van der Waals surface area (Å²) < 4.78 is 5.53. The van der Waals surface area contributed by atoms with Crippen molar-refractivity contribution in [2.24, 2.45) is 0 Å². The van der Waals surface area contributed by atoms with E-state index < -0.39 is 24.0 Å². The van der Waals surface area contributed by atoms with Crippen molar-refractivity contribution in [2.45, 2.75) is 37.1 Å². The molecule has 0 bridgehead atoms. The van der Waals surface area contributed by atoms with Crippen LogP contribution in [0.5, 0.6) is 0 Å². The topological polar surface area (TPSA) is 84.5 Å². The number of carbonyl (C=O) groups excluding carboxylic acids is 3. The lowest BCUT2D eigenvalue weighted by Crippen LogP contribution is -2.53. The molecule has 0 heterocycles. The molecule has 2 amide bonds. The molecule has 0 aromatic heterocycles. The van der Waals surface area contributed by atoms with E-state index in [1.807, 2.05) is 91.0 Å². The maximum atomic E-state index is 13.2. The third-order valence-electron chi connectivity index (χ3n) is 5.31. The average Bonchev–Trinajstić information content (AvgIpc) is 2.92. The monoisotopic (exact) mass is 536 g/mol. The first-order chi connectivity index (χ1) is 18.0. The van der Waals surface area contributed by atoms with E-state index in [1.54, 1.807) is 11.8 Å². The van der Waals surface area contributed by atoms with Gasteiger partial charge < -0.3 is 15.4 Å². The first-order valence-corrected chi connectivity index (χ1v) is 14.3. The third-order valence-corrected chi connectivity index (χ3v) is 7.52. The Morgan fingerprint density at radius 2 is 1.14 bits per heavy atom. The highest BCUT2D eigenvalue weighted by Crippen LogP contribution is 2.16. The number of amides is 2. The van der Waals surface area contributed by atoms with Crippen LogP contribution < -0.4 is 10.6 Å². The number of ether oxygens (including phenoxy) is 1. The predicted octanol–water partition coefficient (Wildman–Crippen LogP) is 4.59. The molecular weight excluding hydrogens is 504 g/mol. The summed E-state index contributed by atoms with van der Waals surface area (Å²) in [7, 11) is 0. The van der Waals surface area contributed by atoms with Crippen molar-refractivity contribution in [1.29, 1.82) is 0 Å². The number of hydrogen-bond donors (Lipinski definition) is 2. The molecule has 0 aliphatic heterocycles. The highest BCUT2D eigenvalue weighted by Gasteiger charge is 2.27. The zero-order chi connectivity index (χ0) is 26.3. The van der Waals surface area contributed by atoms with Crippen molar-refractivity contribution in [1.82, 2.24) is 10.6 Å². The van der Waals surface area contributed by atoms with E-state index in [9.17, 15) is 14.4 Å². The van der Waals surface area contributed by atoms with Crippen LogP contribution >= 0.6 is 23.5 Å². The number of benzene rings is 3. The normalized spacial score (nSPS) is 12.2. The van der Waals surface area contributed by atoms with E-state index in [4.69, 9.17) is 4.74 Å². The van der Waals surface area contributed by atoms with Gasteiger partial charge in [-0.3, -0.25) is 9.59 Å². The minimum Gasteiger partial charge on any atom is -0.459 e. The lowest BCUT2D eigenvalue weighted by atomic mass is 10.2. The fourth-order valence-corrected chi connectivity index (χ4v) is 5.45. The molecule has 194 valence electrons. The van der Waals surface area contributed by atoms with Crippen LogP contribution in [0.3, 0.4) is 0 Å². The maximum Gasteiger partial charge on any atom is 0.329 e. The summed E-state index contributed by atoms with van der Waals surface area (Å²) in [6, 6.07) is 27.6. The van der Waals surface area contributed by atoms with E-state index in [2.05, 4.69) is 10.6 Å². The Kier molecular flexibility index (Phi) is 12.1. The van der Waals surface area contributed by atoms with Gasteiger partial charge >= 0.3 is 5.97 Å². The van der Waals surface area contributed by atoms with Gasteiger partial charge in [0.1, 0.15) is 18.7 Å². The predicted molar refractivity (Wildman–Crippen MR) is 151 cm³/mol. The van der Waals surface area contributed by atoms with Crippen LogP contribution in [0.15, 0.2) is 91.0 Å². The summed E-state index contributed by atoms with van der Waals surface area (Å²) >= 11 is 3.09. The molecule has 8 heteroatoms. The first kappa shape index (κ1) is 28.3. The Bertz CT molecular complexity index is 1110. The van der Waals surface area contributed by atoms with Crippen LogP contribution in [0.4, 0.5) is 0 Å². The SMILES string of the molecule is CC(=O)N[C@@H](CSCc1ccccc1)C(=O)N[C@H](CSCc1ccccc1)C(=O)OCc1ccccc1. The standard InChI is InChI=1S/C29H32N2O4S2/c1-22(32)30-26(20-36-18-24-13-7-3-8-14-24)28(33)31-27(21-37-19-25-15-9-4-10-16-25)29(34)35-17-23-11-5-2-6-12-23/h2-16,26-27H,17-21H2,1H3,(H,30,32)(H,31,33)/t26-,27+/m0/s1. The number of nitrogens with one attached hydrogen (secondary N) is 2. The minimum absolute atomic E-state index is 0.122. The highest BCUT2D eigenvalue weighted by molar-refractivity contribution is 7.98. The average molecular weight is 537 g/mol. The molecule has 3 aromatic rings. The summed E-state index contributed by atoms with van der Waals surface area (Å²) in [5, 5.41) is 5.55. The van der Waals surface area contributed by atoms with Crippen LogP contribution in [-0.2, 0) is 37.2 Å². The van der Waals surface area contributed by atoms with E-state index in [0.717, 1.165) is 16.7 Å².